The molecule has 4 aromatic rings. The quantitative estimate of drug-likeness (QED) is 0.385. The molecule has 1 N–H and O–H groups in total. The summed E-state index contributed by atoms with van der Waals surface area (Å²) in [4.78, 5) is 0. The van der Waals surface area contributed by atoms with Crippen LogP contribution in [0.3, 0.4) is 0 Å². The fourth-order valence-electron chi connectivity index (χ4n) is 3.80. The first-order valence-corrected chi connectivity index (χ1v) is 10.4. The van der Waals surface area contributed by atoms with Crippen LogP contribution in [0.2, 0.25) is 10.0 Å². The average molecular weight is 424 g/mol. The maximum Gasteiger partial charge on any atom is 0.203 e. The van der Waals surface area contributed by atoms with Crippen LogP contribution in [0.5, 0.6) is 0 Å². The second-order valence-electron chi connectivity index (χ2n) is 7.51. The van der Waals surface area contributed by atoms with Crippen LogP contribution in [-0.4, -0.2) is 9.13 Å². The normalized spacial score (nSPS) is 12.4. The monoisotopic (exact) mass is 423 g/mol. The lowest BCUT2D eigenvalue weighted by molar-refractivity contribution is 0.561. The summed E-state index contributed by atoms with van der Waals surface area (Å²) >= 11 is 12.3. The zero-order chi connectivity index (χ0) is 20.5. The van der Waals surface area contributed by atoms with Crippen LogP contribution in [0.15, 0.2) is 66.7 Å². The third-order valence-electron chi connectivity index (χ3n) is 5.53. The number of para-hydroxylation sites is 2. The van der Waals surface area contributed by atoms with Crippen molar-refractivity contribution >= 4 is 34.2 Å². The van der Waals surface area contributed by atoms with Crippen molar-refractivity contribution in [3.63, 3.8) is 0 Å². The minimum atomic E-state index is 0.191. The fourth-order valence-corrected chi connectivity index (χ4v) is 4.10. The number of aromatic nitrogens is 2. The summed E-state index contributed by atoms with van der Waals surface area (Å²) in [6, 6.07) is 22.4. The van der Waals surface area contributed by atoms with Crippen LogP contribution in [0.4, 0.5) is 0 Å². The number of imidazole rings is 1. The van der Waals surface area contributed by atoms with Gasteiger partial charge >= 0.3 is 0 Å². The van der Waals surface area contributed by atoms with Crippen LogP contribution in [0.1, 0.15) is 29.5 Å². The molecule has 1 unspecified atom stereocenters. The van der Waals surface area contributed by atoms with E-state index in [0.29, 0.717) is 28.8 Å². The minimum Gasteiger partial charge on any atom is -0.310 e. The number of halogens is 2. The first-order valence-electron chi connectivity index (χ1n) is 9.68. The van der Waals surface area contributed by atoms with Gasteiger partial charge < -0.3 is 9.13 Å². The molecule has 3 aromatic carbocycles. The first-order chi connectivity index (χ1) is 14.0. The Morgan fingerprint density at radius 3 is 2.21 bits per heavy atom. The van der Waals surface area contributed by atoms with Crippen LogP contribution in [0, 0.1) is 12.3 Å². The van der Waals surface area contributed by atoms with Gasteiger partial charge in [-0.05, 0) is 53.8 Å². The lowest BCUT2D eigenvalue weighted by Gasteiger charge is -2.14. The highest BCUT2D eigenvalue weighted by Gasteiger charge is 2.15. The summed E-state index contributed by atoms with van der Waals surface area (Å²) in [5.41, 5.74) is 6.22. The van der Waals surface area contributed by atoms with E-state index in [0.717, 1.165) is 16.6 Å². The first kappa shape index (κ1) is 19.8. The Bertz CT molecular complexity index is 1240. The number of rotatable bonds is 5. The van der Waals surface area contributed by atoms with Gasteiger partial charge in [0, 0.05) is 6.54 Å². The Labute approximate surface area is 180 Å². The van der Waals surface area contributed by atoms with E-state index in [1.807, 2.05) is 36.4 Å². The fraction of sp³-hybridized carbons (Fsp3) is 0.208. The second kappa shape index (κ2) is 8.10. The molecule has 1 aromatic heterocycles. The highest BCUT2D eigenvalue weighted by atomic mass is 35.5. The molecule has 5 heteroatoms. The van der Waals surface area contributed by atoms with Gasteiger partial charge in [-0.2, -0.15) is 0 Å². The minimum absolute atomic E-state index is 0.191. The van der Waals surface area contributed by atoms with Gasteiger partial charge in [-0.1, -0.05) is 72.6 Å². The lowest BCUT2D eigenvalue weighted by Crippen LogP contribution is -2.26. The summed E-state index contributed by atoms with van der Waals surface area (Å²) in [6.07, 6.45) is 0. The number of hydrogen-bond acceptors (Lipinski definition) is 1. The largest absolute Gasteiger partial charge is 0.310 e. The highest BCUT2D eigenvalue weighted by molar-refractivity contribution is 6.42. The maximum absolute atomic E-state index is 8.91. The molecule has 0 aliphatic carbocycles. The van der Waals surface area contributed by atoms with Gasteiger partial charge in [0.1, 0.15) is 0 Å². The molecule has 1 heterocycles. The molecule has 0 aliphatic heterocycles. The Morgan fingerprint density at radius 1 is 0.862 bits per heavy atom. The summed E-state index contributed by atoms with van der Waals surface area (Å²) < 4.78 is 4.17. The third kappa shape index (κ3) is 3.85. The third-order valence-corrected chi connectivity index (χ3v) is 6.27. The Morgan fingerprint density at radius 2 is 1.52 bits per heavy atom. The van der Waals surface area contributed by atoms with E-state index in [1.54, 1.807) is 0 Å². The van der Waals surface area contributed by atoms with Gasteiger partial charge in [0.05, 0.1) is 27.6 Å². The molecule has 0 bridgehead atoms. The van der Waals surface area contributed by atoms with Gasteiger partial charge in [-0.15, -0.1) is 0 Å². The maximum atomic E-state index is 8.91. The topological polar surface area (TPSA) is 33.7 Å². The predicted octanol–water partition coefficient (Wildman–Crippen LogP) is 6.39. The molecule has 29 heavy (non-hydrogen) atoms. The summed E-state index contributed by atoms with van der Waals surface area (Å²) in [5.74, 6) is 0.191. The van der Waals surface area contributed by atoms with Gasteiger partial charge in [0.2, 0.25) is 5.62 Å². The summed E-state index contributed by atoms with van der Waals surface area (Å²) in [6.45, 7) is 5.64. The zero-order valence-corrected chi connectivity index (χ0v) is 18.0. The standard InChI is InChI=1S/C24H23Cl2N3/c1-16-7-3-4-8-19(16)15-29-23-10-6-5-9-22(23)28(24(29)27)14-17(2)18-11-12-20(25)21(26)13-18/h3-13,17,27H,14-15H2,1-2H3. The van der Waals surface area contributed by atoms with Crippen molar-refractivity contribution in [3.8, 4) is 0 Å². The number of nitrogens with zero attached hydrogens (tertiary/aromatic N) is 2. The van der Waals surface area contributed by atoms with E-state index < -0.39 is 0 Å². The molecule has 148 valence electrons. The van der Waals surface area contributed by atoms with Crippen LogP contribution in [-0.2, 0) is 13.1 Å². The Kier molecular flexibility index (Phi) is 5.53. The Hall–Kier alpha value is -2.49. The number of aryl methyl sites for hydroxylation is 1. The molecule has 0 aliphatic rings. The molecule has 4 rings (SSSR count). The van der Waals surface area contributed by atoms with E-state index in [9.17, 15) is 0 Å². The molecule has 1 atom stereocenters. The number of nitrogens with one attached hydrogen (secondary N) is 1. The molecular weight excluding hydrogens is 401 g/mol. The molecular formula is C24H23Cl2N3. The Balaban J connectivity index is 1.75. The van der Waals surface area contributed by atoms with Crippen molar-refractivity contribution in [2.75, 3.05) is 0 Å². The summed E-state index contributed by atoms with van der Waals surface area (Å²) in [5, 5.41) is 10.0. The van der Waals surface area contributed by atoms with Crippen molar-refractivity contribution in [2.45, 2.75) is 32.9 Å². The van der Waals surface area contributed by atoms with Crippen molar-refractivity contribution in [1.82, 2.24) is 9.13 Å². The van der Waals surface area contributed by atoms with E-state index in [4.69, 9.17) is 28.6 Å². The number of benzene rings is 3. The van der Waals surface area contributed by atoms with Gasteiger partial charge in [0.25, 0.3) is 0 Å². The number of fused-ring (bicyclic) bond motifs is 1. The lowest BCUT2D eigenvalue weighted by atomic mass is 10.0. The van der Waals surface area contributed by atoms with E-state index in [-0.39, 0.29) is 5.92 Å². The van der Waals surface area contributed by atoms with Crippen molar-refractivity contribution in [1.29, 1.82) is 5.41 Å². The molecule has 0 spiro atoms. The predicted molar refractivity (Wildman–Crippen MR) is 121 cm³/mol. The van der Waals surface area contributed by atoms with Gasteiger partial charge in [0.15, 0.2) is 0 Å². The SMILES string of the molecule is Cc1ccccc1Cn1c(=N)n(CC(C)c2ccc(Cl)c(Cl)c2)c2ccccc21. The molecule has 0 radical (unpaired) electrons. The van der Waals surface area contributed by atoms with Crippen LogP contribution in [0.25, 0.3) is 11.0 Å². The van der Waals surface area contributed by atoms with Crippen LogP contribution >= 0.6 is 23.2 Å². The number of hydrogen-bond donors (Lipinski definition) is 1. The second-order valence-corrected chi connectivity index (χ2v) is 8.32. The van der Waals surface area contributed by atoms with Crippen molar-refractivity contribution < 1.29 is 0 Å². The molecule has 0 saturated heterocycles. The molecule has 0 fully saturated rings. The van der Waals surface area contributed by atoms with Crippen molar-refractivity contribution in [3.05, 3.63) is 99.1 Å². The highest BCUT2D eigenvalue weighted by Crippen LogP contribution is 2.28. The van der Waals surface area contributed by atoms with E-state index in [1.165, 1.54) is 11.1 Å². The average Bonchev–Trinajstić information content (AvgIpc) is 2.97. The van der Waals surface area contributed by atoms with E-state index >= 15 is 0 Å². The molecule has 0 saturated carbocycles. The van der Waals surface area contributed by atoms with Gasteiger partial charge in [-0.25, -0.2) is 0 Å². The van der Waals surface area contributed by atoms with Crippen molar-refractivity contribution in [2.24, 2.45) is 0 Å². The van der Waals surface area contributed by atoms with Crippen LogP contribution < -0.4 is 5.62 Å². The molecule has 0 amide bonds. The smallest absolute Gasteiger partial charge is 0.203 e. The summed E-state index contributed by atoms with van der Waals surface area (Å²) in [7, 11) is 0. The zero-order valence-electron chi connectivity index (χ0n) is 16.5. The van der Waals surface area contributed by atoms with Gasteiger partial charge in [-0.3, -0.25) is 5.41 Å². The molecule has 3 nitrogen and oxygen atoms in total. The van der Waals surface area contributed by atoms with E-state index in [2.05, 4.69) is 53.3 Å².